The Hall–Kier alpha value is -0.920. The number of nitrogens with zero attached hydrogens (tertiary/aromatic N) is 1. The van der Waals surface area contributed by atoms with E-state index in [1.54, 1.807) is 11.4 Å². The molecule has 0 radical (unpaired) electrons. The van der Waals surface area contributed by atoms with Crippen molar-refractivity contribution in [3.8, 4) is 0 Å². The third-order valence-electron chi connectivity index (χ3n) is 1.06. The second-order valence-corrected chi connectivity index (χ2v) is 3.53. The molecule has 0 spiro atoms. The molecule has 0 bridgehead atoms. The van der Waals surface area contributed by atoms with Crippen LogP contribution in [0.5, 0.6) is 0 Å². The van der Waals surface area contributed by atoms with Gasteiger partial charge >= 0.3 is 6.03 Å². The Balaban J connectivity index is 2.96. The first-order chi connectivity index (χ1) is 5.63. The monoisotopic (exact) mass is 205 g/mol. The summed E-state index contributed by atoms with van der Waals surface area (Å²) in [5.41, 5.74) is 4.83. The van der Waals surface area contributed by atoms with E-state index < -0.39 is 17.3 Å². The van der Waals surface area contributed by atoms with Gasteiger partial charge in [0.2, 0.25) is 0 Å². The number of thiophene rings is 1. The van der Waals surface area contributed by atoms with E-state index in [4.69, 9.17) is 5.73 Å². The molecule has 0 aromatic carbocycles. The van der Waals surface area contributed by atoms with Gasteiger partial charge in [0.1, 0.15) is 5.00 Å². The topological polar surface area (TPSA) is 86.5 Å². The molecule has 0 aliphatic rings. The van der Waals surface area contributed by atoms with Gasteiger partial charge in [-0.2, -0.15) is 0 Å². The largest absolute Gasteiger partial charge is 0.755 e. The molecule has 1 aromatic heterocycles. The van der Waals surface area contributed by atoms with Crippen LogP contribution in [0.3, 0.4) is 0 Å². The average molecular weight is 205 g/mol. The summed E-state index contributed by atoms with van der Waals surface area (Å²) in [6, 6.07) is 2.11. The standard InChI is InChI=1S/C5H6N2O3S2/c6-5(8)7(12(9)10)4-2-1-3-11-4/h1-3H,(H2,6,8)(H,9,10)/p-1. The molecule has 0 saturated carbocycles. The molecule has 2 N–H and O–H groups in total. The molecule has 1 unspecified atom stereocenters. The van der Waals surface area contributed by atoms with Gasteiger partial charge in [-0.05, 0) is 17.5 Å². The van der Waals surface area contributed by atoms with Gasteiger partial charge in [0.15, 0.2) is 0 Å². The van der Waals surface area contributed by atoms with E-state index in [0.717, 1.165) is 11.3 Å². The summed E-state index contributed by atoms with van der Waals surface area (Å²) < 4.78 is 21.4. The average Bonchev–Trinajstić information content (AvgIpc) is 2.37. The molecule has 1 aromatic rings. The van der Waals surface area contributed by atoms with Gasteiger partial charge in [0.05, 0.1) is 11.3 Å². The van der Waals surface area contributed by atoms with Crippen LogP contribution in [0.2, 0.25) is 0 Å². The number of carbonyl (C=O) groups excluding carboxylic acids is 1. The first-order valence-corrected chi connectivity index (χ1v) is 4.76. The Labute approximate surface area is 75.2 Å². The van der Waals surface area contributed by atoms with Crippen molar-refractivity contribution < 1.29 is 13.6 Å². The van der Waals surface area contributed by atoms with E-state index in [2.05, 4.69) is 0 Å². The summed E-state index contributed by atoms with van der Waals surface area (Å²) in [6.07, 6.45) is 0. The molecular weight excluding hydrogens is 200 g/mol. The van der Waals surface area contributed by atoms with Gasteiger partial charge in [-0.1, -0.05) is 0 Å². The minimum atomic E-state index is -2.64. The van der Waals surface area contributed by atoms with Crippen LogP contribution < -0.4 is 10.0 Å². The first kappa shape index (κ1) is 9.17. The van der Waals surface area contributed by atoms with E-state index in [0.29, 0.717) is 4.31 Å². The molecule has 12 heavy (non-hydrogen) atoms. The van der Waals surface area contributed by atoms with Gasteiger partial charge in [0, 0.05) is 0 Å². The number of anilines is 1. The second-order valence-electron chi connectivity index (χ2n) is 1.80. The summed E-state index contributed by atoms with van der Waals surface area (Å²) in [4.78, 5) is 10.6. The number of urea groups is 1. The van der Waals surface area contributed by atoms with Crippen molar-refractivity contribution in [2.24, 2.45) is 5.73 Å². The number of hydrogen-bond acceptors (Lipinski definition) is 4. The van der Waals surface area contributed by atoms with E-state index in [-0.39, 0.29) is 5.00 Å². The lowest BCUT2D eigenvalue weighted by Crippen LogP contribution is -2.36. The van der Waals surface area contributed by atoms with E-state index in [1.165, 1.54) is 6.07 Å². The molecule has 1 atom stereocenters. The molecule has 7 heteroatoms. The lowest BCUT2D eigenvalue weighted by molar-refractivity contribution is 0.257. The number of amides is 2. The lowest BCUT2D eigenvalue weighted by Gasteiger charge is -2.19. The molecule has 2 amide bonds. The van der Waals surface area contributed by atoms with Crippen LogP contribution in [0, 0.1) is 0 Å². The molecule has 66 valence electrons. The zero-order valence-electron chi connectivity index (χ0n) is 5.80. The van der Waals surface area contributed by atoms with Gasteiger partial charge < -0.3 is 10.3 Å². The Morgan fingerprint density at radius 1 is 1.75 bits per heavy atom. The molecular formula is C5H5N2O3S2-. The highest BCUT2D eigenvalue weighted by Crippen LogP contribution is 2.21. The van der Waals surface area contributed by atoms with Crippen molar-refractivity contribution >= 4 is 33.6 Å². The maximum Gasteiger partial charge on any atom is 0.331 e. The zero-order chi connectivity index (χ0) is 9.14. The maximum absolute atomic E-state index is 10.6. The Morgan fingerprint density at radius 2 is 2.42 bits per heavy atom. The summed E-state index contributed by atoms with van der Waals surface area (Å²) in [6.45, 7) is 0. The molecule has 0 saturated heterocycles. The summed E-state index contributed by atoms with van der Waals surface area (Å²) >= 11 is -1.52. The third kappa shape index (κ3) is 1.81. The SMILES string of the molecule is NC(=O)N(c1cccs1)S(=O)[O-]. The Morgan fingerprint density at radius 3 is 2.75 bits per heavy atom. The fourth-order valence-corrected chi connectivity index (χ4v) is 1.95. The van der Waals surface area contributed by atoms with E-state index >= 15 is 0 Å². The van der Waals surface area contributed by atoms with Crippen molar-refractivity contribution in [3.05, 3.63) is 17.5 Å². The predicted octanol–water partition coefficient (Wildman–Crippen LogP) is 0.427. The molecule has 5 nitrogen and oxygen atoms in total. The molecule has 0 aliphatic carbocycles. The number of rotatable bonds is 2. The third-order valence-corrected chi connectivity index (χ3v) is 2.70. The number of hydrogen-bond donors (Lipinski definition) is 1. The minimum Gasteiger partial charge on any atom is -0.755 e. The van der Waals surface area contributed by atoms with Crippen molar-refractivity contribution in [3.63, 3.8) is 0 Å². The van der Waals surface area contributed by atoms with E-state index in [1.807, 2.05) is 0 Å². The summed E-state index contributed by atoms with van der Waals surface area (Å²) in [7, 11) is 0. The predicted molar refractivity (Wildman–Crippen MR) is 45.3 cm³/mol. The number of nitrogens with two attached hydrogens (primary N) is 1. The van der Waals surface area contributed by atoms with Crippen LogP contribution in [0.4, 0.5) is 9.80 Å². The van der Waals surface area contributed by atoms with Crippen molar-refractivity contribution in [2.45, 2.75) is 0 Å². The van der Waals surface area contributed by atoms with Crippen LogP contribution in [0.25, 0.3) is 0 Å². The molecule has 1 rings (SSSR count). The fraction of sp³-hybridized carbons (Fsp3) is 0. The van der Waals surface area contributed by atoms with Crippen LogP contribution in [0.15, 0.2) is 17.5 Å². The zero-order valence-corrected chi connectivity index (χ0v) is 7.43. The fourth-order valence-electron chi connectivity index (χ4n) is 0.641. The Bertz CT molecular complexity index is 284. The van der Waals surface area contributed by atoms with Crippen LogP contribution in [-0.4, -0.2) is 14.8 Å². The van der Waals surface area contributed by atoms with Gasteiger partial charge in [-0.3, -0.25) is 4.21 Å². The highest BCUT2D eigenvalue weighted by molar-refractivity contribution is 7.81. The van der Waals surface area contributed by atoms with Crippen LogP contribution in [0.1, 0.15) is 0 Å². The van der Waals surface area contributed by atoms with Crippen LogP contribution >= 0.6 is 11.3 Å². The smallest absolute Gasteiger partial charge is 0.331 e. The molecule has 0 fully saturated rings. The van der Waals surface area contributed by atoms with Crippen LogP contribution in [-0.2, 0) is 11.3 Å². The summed E-state index contributed by atoms with van der Waals surface area (Å²) in [5, 5.41) is 1.94. The van der Waals surface area contributed by atoms with E-state index in [9.17, 15) is 13.6 Å². The maximum atomic E-state index is 10.6. The van der Waals surface area contributed by atoms with Crippen molar-refractivity contribution in [1.29, 1.82) is 0 Å². The van der Waals surface area contributed by atoms with Gasteiger partial charge in [0.25, 0.3) is 0 Å². The first-order valence-electron chi connectivity index (χ1n) is 2.85. The Kier molecular flexibility index (Phi) is 2.79. The van der Waals surface area contributed by atoms with Gasteiger partial charge in [-0.25, -0.2) is 9.10 Å². The van der Waals surface area contributed by atoms with Crippen molar-refractivity contribution in [2.75, 3.05) is 4.31 Å². The minimum absolute atomic E-state index is 0.288. The highest BCUT2D eigenvalue weighted by Gasteiger charge is 2.13. The lowest BCUT2D eigenvalue weighted by atomic mass is 10.6. The number of primary amides is 1. The number of carbonyl (C=O) groups is 1. The van der Waals surface area contributed by atoms with Gasteiger partial charge in [-0.15, -0.1) is 11.3 Å². The quantitative estimate of drug-likeness (QED) is 0.710. The highest BCUT2D eigenvalue weighted by atomic mass is 32.2. The molecule has 1 heterocycles. The normalized spacial score (nSPS) is 12.4. The summed E-state index contributed by atoms with van der Waals surface area (Å²) in [5.74, 6) is 0. The second kappa shape index (κ2) is 3.65. The van der Waals surface area contributed by atoms with Crippen molar-refractivity contribution in [1.82, 2.24) is 0 Å². The molecule has 0 aliphatic heterocycles.